The third-order valence-electron chi connectivity index (χ3n) is 2.26. The minimum atomic E-state index is -0.415. The van der Waals surface area contributed by atoms with Crippen molar-refractivity contribution in [1.82, 2.24) is 20.2 Å². The molecule has 90 valence electrons. The van der Waals surface area contributed by atoms with Crippen molar-refractivity contribution in [3.8, 4) is 6.07 Å². The van der Waals surface area contributed by atoms with Crippen LogP contribution in [0.4, 0.5) is 5.95 Å². The second kappa shape index (κ2) is 4.63. The standard InChI is InChI=1S/C11H10N6O/c1-6-8(5-12)3-4-9(13-6)10(18)15-11-14-7(2)16-17-11/h3-4H,1-2H3,(H2,14,15,16,17,18). The predicted octanol–water partition coefficient (Wildman–Crippen LogP) is 0.941. The van der Waals surface area contributed by atoms with Gasteiger partial charge in [0.2, 0.25) is 5.95 Å². The summed E-state index contributed by atoms with van der Waals surface area (Å²) in [6, 6.07) is 5.03. The first-order valence-corrected chi connectivity index (χ1v) is 5.18. The fraction of sp³-hybridized carbons (Fsp3) is 0.182. The van der Waals surface area contributed by atoms with Gasteiger partial charge < -0.3 is 0 Å². The molecule has 0 bridgehead atoms. The maximum atomic E-state index is 11.8. The summed E-state index contributed by atoms with van der Waals surface area (Å²) in [4.78, 5) is 19.8. The van der Waals surface area contributed by atoms with Crippen molar-refractivity contribution in [3.63, 3.8) is 0 Å². The van der Waals surface area contributed by atoms with Gasteiger partial charge in [-0.1, -0.05) is 0 Å². The molecule has 18 heavy (non-hydrogen) atoms. The molecule has 0 saturated heterocycles. The molecule has 7 heteroatoms. The first-order valence-electron chi connectivity index (χ1n) is 5.18. The Morgan fingerprint density at radius 1 is 1.39 bits per heavy atom. The van der Waals surface area contributed by atoms with Crippen LogP contribution in [-0.2, 0) is 0 Å². The number of carbonyl (C=O) groups excluding carboxylic acids is 1. The maximum absolute atomic E-state index is 11.8. The van der Waals surface area contributed by atoms with Crippen LogP contribution in [0.2, 0.25) is 0 Å². The Labute approximate surface area is 103 Å². The third-order valence-corrected chi connectivity index (χ3v) is 2.26. The number of carbonyl (C=O) groups is 1. The second-order valence-electron chi connectivity index (χ2n) is 3.64. The lowest BCUT2D eigenvalue weighted by atomic mass is 10.2. The van der Waals surface area contributed by atoms with E-state index in [9.17, 15) is 4.79 Å². The minimum Gasteiger partial charge on any atom is -0.288 e. The molecule has 2 rings (SSSR count). The number of nitrogens with zero attached hydrogens (tertiary/aromatic N) is 4. The average molecular weight is 242 g/mol. The average Bonchev–Trinajstić information content (AvgIpc) is 2.74. The van der Waals surface area contributed by atoms with Gasteiger partial charge in [0, 0.05) is 0 Å². The smallest absolute Gasteiger partial charge is 0.276 e. The SMILES string of the molecule is Cc1nc(NC(=O)c2ccc(C#N)c(C)n2)n[nH]1. The monoisotopic (exact) mass is 242 g/mol. The Morgan fingerprint density at radius 2 is 2.17 bits per heavy atom. The lowest BCUT2D eigenvalue weighted by Crippen LogP contribution is -2.15. The number of hydrogen-bond acceptors (Lipinski definition) is 5. The van der Waals surface area contributed by atoms with Crippen molar-refractivity contribution in [2.75, 3.05) is 5.32 Å². The molecule has 0 aromatic carbocycles. The fourth-order valence-electron chi connectivity index (χ4n) is 1.37. The molecule has 0 radical (unpaired) electrons. The Morgan fingerprint density at radius 3 is 2.72 bits per heavy atom. The Balaban J connectivity index is 2.19. The van der Waals surface area contributed by atoms with Gasteiger partial charge in [-0.3, -0.25) is 15.2 Å². The van der Waals surface area contributed by atoms with Crippen LogP contribution in [0.25, 0.3) is 0 Å². The Kier molecular flexibility index (Phi) is 3.02. The molecule has 0 atom stereocenters. The fourth-order valence-corrected chi connectivity index (χ4v) is 1.37. The molecule has 0 spiro atoms. The molecular weight excluding hydrogens is 232 g/mol. The van der Waals surface area contributed by atoms with Crippen molar-refractivity contribution in [2.24, 2.45) is 0 Å². The van der Waals surface area contributed by atoms with Crippen LogP contribution >= 0.6 is 0 Å². The molecule has 2 aromatic heterocycles. The van der Waals surface area contributed by atoms with Crippen LogP contribution < -0.4 is 5.32 Å². The predicted molar refractivity (Wildman–Crippen MR) is 62.8 cm³/mol. The summed E-state index contributed by atoms with van der Waals surface area (Å²) in [5.41, 5.74) is 1.17. The number of nitrogens with one attached hydrogen (secondary N) is 2. The molecule has 0 aliphatic heterocycles. The summed E-state index contributed by atoms with van der Waals surface area (Å²) in [7, 11) is 0. The quantitative estimate of drug-likeness (QED) is 0.814. The zero-order valence-corrected chi connectivity index (χ0v) is 9.85. The molecular formula is C11H10N6O. The molecule has 2 N–H and O–H groups in total. The van der Waals surface area contributed by atoms with Crippen LogP contribution in [0.3, 0.4) is 0 Å². The number of aromatic nitrogens is 4. The summed E-state index contributed by atoms with van der Waals surface area (Å²) >= 11 is 0. The normalized spacial score (nSPS) is 9.83. The van der Waals surface area contributed by atoms with E-state index in [0.29, 0.717) is 17.1 Å². The first kappa shape index (κ1) is 11.7. The van der Waals surface area contributed by atoms with Crippen LogP contribution in [-0.4, -0.2) is 26.1 Å². The molecule has 7 nitrogen and oxygen atoms in total. The van der Waals surface area contributed by atoms with Crippen LogP contribution in [0, 0.1) is 25.2 Å². The summed E-state index contributed by atoms with van der Waals surface area (Å²) in [5, 5.41) is 17.7. The van der Waals surface area contributed by atoms with Crippen LogP contribution in [0.1, 0.15) is 27.6 Å². The summed E-state index contributed by atoms with van der Waals surface area (Å²) in [6.07, 6.45) is 0. The topological polar surface area (TPSA) is 107 Å². The van der Waals surface area contributed by atoms with Crippen molar-refractivity contribution in [1.29, 1.82) is 5.26 Å². The highest BCUT2D eigenvalue weighted by molar-refractivity contribution is 6.01. The molecule has 0 fully saturated rings. The van der Waals surface area contributed by atoms with Gasteiger partial charge in [-0.25, -0.2) is 4.98 Å². The lowest BCUT2D eigenvalue weighted by molar-refractivity contribution is 0.102. The van der Waals surface area contributed by atoms with Gasteiger partial charge in [-0.05, 0) is 26.0 Å². The molecule has 0 unspecified atom stereocenters. The van der Waals surface area contributed by atoms with Crippen LogP contribution in [0.5, 0.6) is 0 Å². The molecule has 2 aromatic rings. The van der Waals surface area contributed by atoms with Gasteiger partial charge >= 0.3 is 0 Å². The largest absolute Gasteiger partial charge is 0.288 e. The number of hydrogen-bond donors (Lipinski definition) is 2. The summed E-state index contributed by atoms with van der Waals surface area (Å²) < 4.78 is 0. The van der Waals surface area contributed by atoms with E-state index in [1.165, 1.54) is 6.07 Å². The molecule has 1 amide bonds. The zero-order valence-electron chi connectivity index (χ0n) is 9.85. The number of nitriles is 1. The lowest BCUT2D eigenvalue weighted by Gasteiger charge is -2.02. The van der Waals surface area contributed by atoms with Gasteiger partial charge in [0.1, 0.15) is 17.6 Å². The number of pyridine rings is 1. The molecule has 0 aliphatic carbocycles. The van der Waals surface area contributed by atoms with E-state index in [1.807, 2.05) is 6.07 Å². The van der Waals surface area contributed by atoms with E-state index < -0.39 is 5.91 Å². The van der Waals surface area contributed by atoms with E-state index in [1.54, 1.807) is 19.9 Å². The van der Waals surface area contributed by atoms with E-state index in [2.05, 4.69) is 25.5 Å². The molecule has 0 aliphatic rings. The first-order chi connectivity index (χ1) is 8.60. The molecule has 2 heterocycles. The second-order valence-corrected chi connectivity index (χ2v) is 3.64. The number of rotatable bonds is 2. The summed E-state index contributed by atoms with van der Waals surface area (Å²) in [5.74, 6) is 0.386. The molecule has 0 saturated carbocycles. The van der Waals surface area contributed by atoms with E-state index >= 15 is 0 Å². The minimum absolute atomic E-state index is 0.196. The zero-order chi connectivity index (χ0) is 13.1. The number of aromatic amines is 1. The number of aryl methyl sites for hydroxylation is 2. The number of anilines is 1. The van der Waals surface area contributed by atoms with Gasteiger partial charge in [0.15, 0.2) is 0 Å². The third kappa shape index (κ3) is 2.32. The van der Waals surface area contributed by atoms with Crippen molar-refractivity contribution in [3.05, 3.63) is 34.9 Å². The number of H-pyrrole nitrogens is 1. The Hall–Kier alpha value is -2.75. The van der Waals surface area contributed by atoms with Gasteiger partial charge in [-0.15, -0.1) is 5.10 Å². The van der Waals surface area contributed by atoms with Gasteiger partial charge in [-0.2, -0.15) is 10.2 Å². The highest BCUT2D eigenvalue weighted by atomic mass is 16.2. The highest BCUT2D eigenvalue weighted by Crippen LogP contribution is 2.07. The van der Waals surface area contributed by atoms with Gasteiger partial charge in [0.05, 0.1) is 11.3 Å². The van der Waals surface area contributed by atoms with E-state index in [0.717, 1.165) is 0 Å². The number of amides is 1. The van der Waals surface area contributed by atoms with Crippen molar-refractivity contribution in [2.45, 2.75) is 13.8 Å². The maximum Gasteiger partial charge on any atom is 0.276 e. The Bertz CT molecular complexity index is 639. The van der Waals surface area contributed by atoms with E-state index in [4.69, 9.17) is 5.26 Å². The van der Waals surface area contributed by atoms with Crippen molar-refractivity contribution >= 4 is 11.9 Å². The van der Waals surface area contributed by atoms with Crippen molar-refractivity contribution < 1.29 is 4.79 Å². The van der Waals surface area contributed by atoms with E-state index in [-0.39, 0.29) is 11.6 Å². The van der Waals surface area contributed by atoms with Crippen LogP contribution in [0.15, 0.2) is 12.1 Å². The highest BCUT2D eigenvalue weighted by Gasteiger charge is 2.11. The van der Waals surface area contributed by atoms with Gasteiger partial charge in [0.25, 0.3) is 5.91 Å². The summed E-state index contributed by atoms with van der Waals surface area (Å²) in [6.45, 7) is 3.40.